The summed E-state index contributed by atoms with van der Waals surface area (Å²) < 4.78 is 11.6. The molecule has 1 aromatic carbocycles. The first kappa shape index (κ1) is 23.4. The summed E-state index contributed by atoms with van der Waals surface area (Å²) in [5, 5.41) is 6.78. The van der Waals surface area contributed by atoms with Crippen LogP contribution < -0.4 is 20.1 Å². The number of benzene rings is 1. The van der Waals surface area contributed by atoms with E-state index in [2.05, 4.69) is 29.7 Å². The third-order valence-electron chi connectivity index (χ3n) is 7.80. The molecule has 0 unspecified atom stereocenters. The molecule has 0 radical (unpaired) electrons. The lowest BCUT2D eigenvalue weighted by atomic mass is 9.48. The van der Waals surface area contributed by atoms with Gasteiger partial charge in [-0.2, -0.15) is 0 Å². The van der Waals surface area contributed by atoms with Crippen LogP contribution in [0.25, 0.3) is 0 Å². The minimum absolute atomic E-state index is 0.0159. The number of rotatable bonds is 9. The summed E-state index contributed by atoms with van der Waals surface area (Å²) in [6.45, 7) is 11.6. The van der Waals surface area contributed by atoms with Crippen molar-refractivity contribution in [2.24, 2.45) is 23.2 Å². The molecule has 0 saturated heterocycles. The van der Waals surface area contributed by atoms with Gasteiger partial charge >= 0.3 is 0 Å². The van der Waals surface area contributed by atoms with E-state index in [0.717, 1.165) is 24.3 Å². The summed E-state index contributed by atoms with van der Waals surface area (Å²) >= 11 is 0. The Morgan fingerprint density at radius 1 is 1.06 bits per heavy atom. The molecule has 178 valence electrons. The van der Waals surface area contributed by atoms with Crippen molar-refractivity contribution in [3.63, 3.8) is 0 Å². The topological polar surface area (TPSA) is 59.6 Å². The van der Waals surface area contributed by atoms with Gasteiger partial charge in [0.25, 0.3) is 5.91 Å². The van der Waals surface area contributed by atoms with Gasteiger partial charge in [-0.1, -0.05) is 6.07 Å². The number of ether oxygens (including phenoxy) is 2. The number of hydrogen-bond donors (Lipinski definition) is 2. The Morgan fingerprint density at radius 2 is 1.69 bits per heavy atom. The highest BCUT2D eigenvalue weighted by atomic mass is 16.5. The van der Waals surface area contributed by atoms with Gasteiger partial charge < -0.3 is 20.1 Å². The van der Waals surface area contributed by atoms with E-state index in [1.165, 1.54) is 44.1 Å². The Balaban J connectivity index is 1.36. The van der Waals surface area contributed by atoms with Gasteiger partial charge in [0.1, 0.15) is 0 Å². The molecule has 4 fully saturated rings. The van der Waals surface area contributed by atoms with Crippen LogP contribution in [-0.2, 0) is 11.3 Å². The number of carbonyl (C=O) groups is 1. The highest BCUT2D eigenvalue weighted by Crippen LogP contribution is 2.61. The van der Waals surface area contributed by atoms with Crippen molar-refractivity contribution in [3.8, 4) is 11.5 Å². The first-order chi connectivity index (χ1) is 15.2. The second-order valence-electron chi connectivity index (χ2n) is 11.7. The van der Waals surface area contributed by atoms with Crippen LogP contribution in [-0.4, -0.2) is 30.7 Å². The maximum absolute atomic E-state index is 12.1. The fourth-order valence-corrected chi connectivity index (χ4v) is 6.84. The molecule has 5 rings (SSSR count). The second-order valence-corrected chi connectivity index (χ2v) is 11.7. The summed E-state index contributed by atoms with van der Waals surface area (Å²) in [6, 6.07) is 6.60. The van der Waals surface area contributed by atoms with Crippen LogP contribution in [0.3, 0.4) is 0 Å². The first-order valence-electron chi connectivity index (χ1n) is 12.6. The largest absolute Gasteiger partial charge is 0.490 e. The van der Waals surface area contributed by atoms with Gasteiger partial charge in [-0.3, -0.25) is 4.79 Å². The number of nitrogens with one attached hydrogen (secondary N) is 2. The molecule has 1 aromatic rings. The smallest absolute Gasteiger partial charge is 0.258 e. The summed E-state index contributed by atoms with van der Waals surface area (Å²) in [5.41, 5.74) is 1.42. The van der Waals surface area contributed by atoms with E-state index in [9.17, 15) is 4.79 Å². The molecular formula is C27H42N2O3. The lowest BCUT2D eigenvalue weighted by Crippen LogP contribution is -2.54. The summed E-state index contributed by atoms with van der Waals surface area (Å²) in [7, 11) is 0. The molecule has 0 spiro atoms. The SMILES string of the molecule is CCOc1cc(CN[C@@H](C)C23CC4CC(CC(C4)C2)C3)ccc1OCC(=O)NC(C)(C)C. The molecule has 1 atom stereocenters. The van der Waals surface area contributed by atoms with Gasteiger partial charge in [-0.25, -0.2) is 0 Å². The molecule has 5 nitrogen and oxygen atoms in total. The summed E-state index contributed by atoms with van der Waals surface area (Å²) in [4.78, 5) is 12.1. The van der Waals surface area contributed by atoms with Gasteiger partial charge in [0.2, 0.25) is 0 Å². The lowest BCUT2D eigenvalue weighted by Gasteiger charge is -2.59. The van der Waals surface area contributed by atoms with Crippen molar-refractivity contribution >= 4 is 5.91 Å². The lowest BCUT2D eigenvalue weighted by molar-refractivity contribution is -0.124. The van der Waals surface area contributed by atoms with Crippen LogP contribution >= 0.6 is 0 Å². The number of hydrogen-bond acceptors (Lipinski definition) is 4. The number of amides is 1. The second kappa shape index (κ2) is 9.24. The summed E-state index contributed by atoms with van der Waals surface area (Å²) in [6.07, 6.45) is 8.71. The third-order valence-corrected chi connectivity index (χ3v) is 7.80. The molecule has 0 heterocycles. The van der Waals surface area contributed by atoms with Crippen LogP contribution in [0.1, 0.15) is 78.7 Å². The monoisotopic (exact) mass is 442 g/mol. The molecule has 4 aliphatic rings. The molecule has 4 bridgehead atoms. The predicted octanol–water partition coefficient (Wildman–Crippen LogP) is 5.07. The average molecular weight is 443 g/mol. The zero-order valence-electron chi connectivity index (χ0n) is 20.6. The molecule has 4 aliphatic carbocycles. The van der Waals surface area contributed by atoms with E-state index in [1.54, 1.807) is 0 Å². The highest BCUT2D eigenvalue weighted by molar-refractivity contribution is 5.78. The molecule has 1 amide bonds. The van der Waals surface area contributed by atoms with Gasteiger partial charge in [0.05, 0.1) is 6.61 Å². The molecule has 32 heavy (non-hydrogen) atoms. The Morgan fingerprint density at radius 3 is 2.25 bits per heavy atom. The maximum atomic E-state index is 12.1. The maximum Gasteiger partial charge on any atom is 0.258 e. The standard InChI is InChI=1S/C27H42N2O3/c1-6-31-24-12-19(7-8-23(24)32-17-25(30)29-26(3,4)5)16-28-18(2)27-13-20-9-21(14-27)11-22(10-20)15-27/h7-8,12,18,20-22,28H,6,9-11,13-17H2,1-5H3,(H,29,30)/t18-,20?,21?,22?,27?/m0/s1. The zero-order valence-corrected chi connectivity index (χ0v) is 20.6. The van der Waals surface area contributed by atoms with Gasteiger partial charge in [0.15, 0.2) is 18.1 Å². The van der Waals surface area contributed by atoms with E-state index in [0.29, 0.717) is 29.6 Å². The predicted molar refractivity (Wildman–Crippen MR) is 128 cm³/mol. The summed E-state index contributed by atoms with van der Waals surface area (Å²) in [5.74, 6) is 4.12. The van der Waals surface area contributed by atoms with Crippen LogP contribution in [0, 0.1) is 23.2 Å². The minimum atomic E-state index is -0.272. The van der Waals surface area contributed by atoms with E-state index < -0.39 is 0 Å². The fourth-order valence-electron chi connectivity index (χ4n) is 6.84. The quantitative estimate of drug-likeness (QED) is 0.560. The Hall–Kier alpha value is -1.75. The molecule has 2 N–H and O–H groups in total. The molecule has 4 saturated carbocycles. The fraction of sp³-hybridized carbons (Fsp3) is 0.741. The molecule has 0 aliphatic heterocycles. The average Bonchev–Trinajstić information content (AvgIpc) is 2.69. The first-order valence-corrected chi connectivity index (χ1v) is 12.6. The van der Waals surface area contributed by atoms with Gasteiger partial charge in [-0.15, -0.1) is 0 Å². The normalized spacial score (nSPS) is 29.6. The molecular weight excluding hydrogens is 400 g/mol. The van der Waals surface area contributed by atoms with E-state index in [-0.39, 0.29) is 18.1 Å². The van der Waals surface area contributed by atoms with Crippen molar-refractivity contribution in [3.05, 3.63) is 23.8 Å². The van der Waals surface area contributed by atoms with Gasteiger partial charge in [0, 0.05) is 18.1 Å². The van der Waals surface area contributed by atoms with Crippen LogP contribution in [0.15, 0.2) is 18.2 Å². The van der Waals surface area contributed by atoms with E-state index in [1.807, 2.05) is 33.8 Å². The molecule has 0 aromatic heterocycles. The van der Waals surface area contributed by atoms with E-state index in [4.69, 9.17) is 9.47 Å². The Labute approximate surface area is 194 Å². The van der Waals surface area contributed by atoms with Crippen molar-refractivity contribution in [1.29, 1.82) is 0 Å². The van der Waals surface area contributed by atoms with Crippen LogP contribution in [0.4, 0.5) is 0 Å². The van der Waals surface area contributed by atoms with Crippen molar-refractivity contribution < 1.29 is 14.3 Å². The van der Waals surface area contributed by atoms with Crippen LogP contribution in [0.2, 0.25) is 0 Å². The minimum Gasteiger partial charge on any atom is -0.490 e. The molecule has 5 heteroatoms. The zero-order chi connectivity index (χ0) is 22.9. The van der Waals surface area contributed by atoms with Gasteiger partial charge in [-0.05, 0) is 114 Å². The van der Waals surface area contributed by atoms with Crippen molar-refractivity contribution in [2.45, 2.75) is 91.3 Å². The van der Waals surface area contributed by atoms with E-state index >= 15 is 0 Å². The third kappa shape index (κ3) is 5.41. The Bertz CT molecular complexity index is 778. The van der Waals surface area contributed by atoms with Crippen molar-refractivity contribution in [1.82, 2.24) is 10.6 Å². The van der Waals surface area contributed by atoms with Crippen molar-refractivity contribution in [2.75, 3.05) is 13.2 Å². The van der Waals surface area contributed by atoms with Crippen LogP contribution in [0.5, 0.6) is 11.5 Å². The highest BCUT2D eigenvalue weighted by Gasteiger charge is 2.52. The number of carbonyl (C=O) groups excluding carboxylic acids is 1. The Kier molecular flexibility index (Phi) is 6.76.